The summed E-state index contributed by atoms with van der Waals surface area (Å²) in [4.78, 5) is 30.2. The molecule has 1 atom stereocenters. The summed E-state index contributed by atoms with van der Waals surface area (Å²) in [5.41, 5.74) is 1.21. The minimum Gasteiger partial charge on any atom is -0.349 e. The van der Waals surface area contributed by atoms with Crippen LogP contribution in [0.5, 0.6) is 0 Å². The minimum atomic E-state index is -0.117. The molecule has 1 unspecified atom stereocenters. The highest BCUT2D eigenvalue weighted by Crippen LogP contribution is 2.41. The van der Waals surface area contributed by atoms with Crippen molar-refractivity contribution in [3.05, 3.63) is 45.9 Å². The molecular formula is C20H24N4O2S. The number of carbonyl (C=O) groups is 2. The number of nitrogens with one attached hydrogen (secondary N) is 3. The van der Waals surface area contributed by atoms with Crippen molar-refractivity contribution in [3.63, 3.8) is 0 Å². The molecule has 7 heteroatoms. The van der Waals surface area contributed by atoms with Gasteiger partial charge in [0.15, 0.2) is 0 Å². The van der Waals surface area contributed by atoms with E-state index in [1.807, 2.05) is 13.1 Å². The largest absolute Gasteiger partial charge is 0.349 e. The number of benzene rings is 1. The van der Waals surface area contributed by atoms with Gasteiger partial charge in [-0.05, 0) is 56.7 Å². The van der Waals surface area contributed by atoms with E-state index < -0.39 is 0 Å². The first-order valence-electron chi connectivity index (χ1n) is 9.45. The number of carbonyl (C=O) groups excluding carboxylic acids is 2. The van der Waals surface area contributed by atoms with Gasteiger partial charge in [-0.15, -0.1) is 11.3 Å². The number of thiazole rings is 1. The van der Waals surface area contributed by atoms with Gasteiger partial charge in [0.1, 0.15) is 5.01 Å². The Hall–Kier alpha value is -2.25. The third-order valence-corrected chi connectivity index (χ3v) is 5.80. The molecule has 1 aromatic carbocycles. The van der Waals surface area contributed by atoms with Crippen molar-refractivity contribution >= 4 is 28.8 Å². The number of amides is 2. The number of nitrogens with zero attached hydrogens (tertiary/aromatic N) is 1. The first-order valence-corrected chi connectivity index (χ1v) is 10.3. The van der Waals surface area contributed by atoms with Crippen LogP contribution in [0.4, 0.5) is 5.69 Å². The predicted molar refractivity (Wildman–Crippen MR) is 106 cm³/mol. The molecule has 2 saturated carbocycles. The lowest BCUT2D eigenvalue weighted by molar-refractivity contribution is -0.115. The maximum absolute atomic E-state index is 12.4. The van der Waals surface area contributed by atoms with Gasteiger partial charge in [0.05, 0.1) is 12.6 Å². The second-order valence-corrected chi connectivity index (χ2v) is 8.65. The van der Waals surface area contributed by atoms with E-state index in [1.165, 1.54) is 17.7 Å². The van der Waals surface area contributed by atoms with Crippen LogP contribution in [0.2, 0.25) is 0 Å². The fourth-order valence-electron chi connectivity index (χ4n) is 3.04. The van der Waals surface area contributed by atoms with Gasteiger partial charge >= 0.3 is 0 Å². The van der Waals surface area contributed by atoms with Gasteiger partial charge < -0.3 is 10.6 Å². The average molecular weight is 385 g/mol. The van der Waals surface area contributed by atoms with E-state index in [9.17, 15) is 9.59 Å². The number of aromatic nitrogens is 1. The number of rotatable bonds is 8. The van der Waals surface area contributed by atoms with Crippen LogP contribution in [0, 0.1) is 12.8 Å². The molecule has 1 heterocycles. The Labute approximate surface area is 162 Å². The lowest BCUT2D eigenvalue weighted by Gasteiger charge is -2.15. The van der Waals surface area contributed by atoms with Crippen LogP contribution in [0.3, 0.4) is 0 Å². The molecule has 0 aliphatic heterocycles. The Balaban J connectivity index is 1.32. The van der Waals surface area contributed by atoms with Crippen LogP contribution < -0.4 is 16.0 Å². The van der Waals surface area contributed by atoms with E-state index in [0.29, 0.717) is 23.2 Å². The molecule has 27 heavy (non-hydrogen) atoms. The summed E-state index contributed by atoms with van der Waals surface area (Å²) in [6.45, 7) is 2.27. The minimum absolute atomic E-state index is 0.0836. The Kier molecular flexibility index (Phi) is 5.22. The highest BCUT2D eigenvalue weighted by molar-refractivity contribution is 7.11. The molecule has 0 radical (unpaired) electrons. The Morgan fingerprint density at radius 2 is 2.07 bits per heavy atom. The van der Waals surface area contributed by atoms with Crippen LogP contribution >= 0.6 is 11.3 Å². The summed E-state index contributed by atoms with van der Waals surface area (Å²) in [5, 5.41) is 10.3. The summed E-state index contributed by atoms with van der Waals surface area (Å²) in [6.07, 6.45) is 6.34. The fourth-order valence-corrected chi connectivity index (χ4v) is 3.99. The zero-order chi connectivity index (χ0) is 18.8. The summed E-state index contributed by atoms with van der Waals surface area (Å²) >= 11 is 1.69. The van der Waals surface area contributed by atoms with Crippen molar-refractivity contribution in [1.29, 1.82) is 0 Å². The van der Waals surface area contributed by atoms with E-state index >= 15 is 0 Å². The van der Waals surface area contributed by atoms with E-state index in [2.05, 4.69) is 20.9 Å². The van der Waals surface area contributed by atoms with Crippen LogP contribution in [-0.4, -0.2) is 29.4 Å². The van der Waals surface area contributed by atoms with Gasteiger partial charge in [-0.25, -0.2) is 4.98 Å². The summed E-state index contributed by atoms with van der Waals surface area (Å²) in [7, 11) is 0. The van der Waals surface area contributed by atoms with Gasteiger partial charge in [0.25, 0.3) is 5.91 Å². The van der Waals surface area contributed by atoms with Crippen molar-refractivity contribution in [2.75, 3.05) is 11.9 Å². The monoisotopic (exact) mass is 384 g/mol. The van der Waals surface area contributed by atoms with Crippen molar-refractivity contribution < 1.29 is 9.59 Å². The van der Waals surface area contributed by atoms with Gasteiger partial charge in [-0.2, -0.15) is 0 Å². The van der Waals surface area contributed by atoms with Crippen molar-refractivity contribution in [2.24, 2.45) is 5.92 Å². The van der Waals surface area contributed by atoms with Crippen molar-refractivity contribution in [3.8, 4) is 0 Å². The summed E-state index contributed by atoms with van der Waals surface area (Å²) in [5.74, 6) is 0.367. The number of aryl methyl sites for hydroxylation is 1. The highest BCUT2D eigenvalue weighted by Gasteiger charge is 2.34. The second-order valence-electron chi connectivity index (χ2n) is 7.38. The molecule has 2 aliphatic carbocycles. The first-order chi connectivity index (χ1) is 13.1. The topological polar surface area (TPSA) is 83.1 Å². The Bertz CT molecular complexity index is 842. The number of anilines is 1. The summed E-state index contributed by atoms with van der Waals surface area (Å²) < 4.78 is 0. The third-order valence-electron chi connectivity index (χ3n) is 4.80. The zero-order valence-electron chi connectivity index (χ0n) is 15.3. The first kappa shape index (κ1) is 18.1. The molecule has 1 aromatic heterocycles. The summed E-state index contributed by atoms with van der Waals surface area (Å²) in [6, 6.07) is 7.53. The molecular weight excluding hydrogens is 360 g/mol. The van der Waals surface area contributed by atoms with Crippen molar-refractivity contribution in [2.45, 2.75) is 44.7 Å². The molecule has 2 fully saturated rings. The highest BCUT2D eigenvalue weighted by atomic mass is 32.1. The number of hydrogen-bond acceptors (Lipinski definition) is 5. The standard InChI is InChI=1S/C20H24N4O2S/c1-12-10-22-20(27-12)18(13-5-6-13)21-11-17(25)23-16-4-2-3-14(9-16)19(26)24-15-7-8-15/h2-4,9-10,13,15,18,21H,5-8,11H2,1H3,(H,23,25)(H,24,26). The SMILES string of the molecule is Cc1cnc(C(NCC(=O)Nc2cccc(C(=O)NC3CC3)c2)C2CC2)s1. The molecule has 0 bridgehead atoms. The third kappa shape index (κ3) is 4.93. The lowest BCUT2D eigenvalue weighted by atomic mass is 10.2. The predicted octanol–water partition coefficient (Wildman–Crippen LogP) is 3.02. The van der Waals surface area contributed by atoms with Crippen molar-refractivity contribution in [1.82, 2.24) is 15.6 Å². The van der Waals surface area contributed by atoms with E-state index in [0.717, 1.165) is 17.8 Å². The second kappa shape index (κ2) is 7.78. The lowest BCUT2D eigenvalue weighted by Crippen LogP contribution is -2.32. The quantitative estimate of drug-likeness (QED) is 0.653. The molecule has 2 amide bonds. The van der Waals surface area contributed by atoms with Crippen LogP contribution in [0.15, 0.2) is 30.5 Å². The average Bonchev–Trinajstić information content (AvgIpc) is 3.57. The Morgan fingerprint density at radius 1 is 1.26 bits per heavy atom. The fraction of sp³-hybridized carbons (Fsp3) is 0.450. The Morgan fingerprint density at radius 3 is 2.74 bits per heavy atom. The molecule has 3 N–H and O–H groups in total. The molecule has 142 valence electrons. The zero-order valence-corrected chi connectivity index (χ0v) is 16.1. The maximum Gasteiger partial charge on any atom is 0.251 e. The molecule has 0 saturated heterocycles. The normalized spacial score (nSPS) is 17.4. The smallest absolute Gasteiger partial charge is 0.251 e. The van der Waals surface area contributed by atoms with Gasteiger partial charge in [0.2, 0.25) is 5.91 Å². The van der Waals surface area contributed by atoms with E-state index in [4.69, 9.17) is 0 Å². The number of hydrogen-bond donors (Lipinski definition) is 3. The van der Waals surface area contributed by atoms with Crippen LogP contribution in [-0.2, 0) is 4.79 Å². The van der Waals surface area contributed by atoms with Gasteiger partial charge in [-0.1, -0.05) is 6.07 Å². The van der Waals surface area contributed by atoms with Gasteiger partial charge in [0, 0.05) is 28.4 Å². The van der Waals surface area contributed by atoms with Crippen LogP contribution in [0.1, 0.15) is 52.0 Å². The molecule has 2 aromatic rings. The molecule has 2 aliphatic rings. The molecule has 6 nitrogen and oxygen atoms in total. The molecule has 4 rings (SSSR count). The van der Waals surface area contributed by atoms with Crippen LogP contribution in [0.25, 0.3) is 0 Å². The van der Waals surface area contributed by atoms with Gasteiger partial charge in [-0.3, -0.25) is 14.9 Å². The maximum atomic E-state index is 12.4. The van der Waals surface area contributed by atoms with E-state index in [1.54, 1.807) is 35.6 Å². The van der Waals surface area contributed by atoms with E-state index in [-0.39, 0.29) is 24.4 Å². The molecule has 0 spiro atoms.